The third kappa shape index (κ3) is 3.68. The maximum atomic E-state index is 11.4. The fourth-order valence-electron chi connectivity index (χ4n) is 2.90. The van der Waals surface area contributed by atoms with Crippen LogP contribution in [0.1, 0.15) is 5.56 Å². The molecule has 0 spiro atoms. The molecule has 9 heteroatoms. The summed E-state index contributed by atoms with van der Waals surface area (Å²) in [6, 6.07) is 16.4. The largest absolute Gasteiger partial charge is 0.368 e. The van der Waals surface area contributed by atoms with Crippen molar-refractivity contribution < 1.29 is 8.42 Å². The Labute approximate surface area is 166 Å². The van der Waals surface area contributed by atoms with Gasteiger partial charge in [-0.2, -0.15) is 4.98 Å². The topological polar surface area (TPSA) is 124 Å². The van der Waals surface area contributed by atoms with Crippen LogP contribution in [-0.4, -0.2) is 18.4 Å². The molecule has 7 nitrogen and oxygen atoms in total. The SMILES string of the molecule is Nc1nc(NCc2ccc(S(N)(=O)=O)cc2)c2c(-c3ccccc3)csc2n1. The van der Waals surface area contributed by atoms with Crippen molar-refractivity contribution in [2.75, 3.05) is 11.1 Å². The van der Waals surface area contributed by atoms with Crippen LogP contribution < -0.4 is 16.2 Å². The highest BCUT2D eigenvalue weighted by Crippen LogP contribution is 2.37. The summed E-state index contributed by atoms with van der Waals surface area (Å²) in [5.74, 6) is 0.833. The summed E-state index contributed by atoms with van der Waals surface area (Å²) < 4.78 is 22.8. The van der Waals surface area contributed by atoms with Gasteiger partial charge in [0.15, 0.2) is 0 Å². The molecule has 28 heavy (non-hydrogen) atoms. The molecule has 0 bridgehead atoms. The van der Waals surface area contributed by atoms with Crippen LogP contribution >= 0.6 is 11.3 Å². The van der Waals surface area contributed by atoms with E-state index in [1.807, 2.05) is 35.7 Å². The third-order valence-corrected chi connectivity index (χ3v) is 6.05. The monoisotopic (exact) mass is 411 g/mol. The molecule has 0 aliphatic carbocycles. The molecule has 4 rings (SSSR count). The zero-order valence-corrected chi connectivity index (χ0v) is 16.3. The van der Waals surface area contributed by atoms with Gasteiger partial charge in [-0.1, -0.05) is 42.5 Å². The number of anilines is 2. The number of benzene rings is 2. The van der Waals surface area contributed by atoms with E-state index in [2.05, 4.69) is 15.3 Å². The molecule has 5 N–H and O–H groups in total. The van der Waals surface area contributed by atoms with Crippen LogP contribution in [0, 0.1) is 0 Å². The summed E-state index contributed by atoms with van der Waals surface area (Å²) >= 11 is 1.51. The Bertz CT molecular complexity index is 1240. The highest BCUT2D eigenvalue weighted by atomic mass is 32.2. The third-order valence-electron chi connectivity index (χ3n) is 4.25. The molecule has 2 heterocycles. The summed E-state index contributed by atoms with van der Waals surface area (Å²) in [5.41, 5.74) is 8.86. The maximum Gasteiger partial charge on any atom is 0.238 e. The van der Waals surface area contributed by atoms with Gasteiger partial charge in [0.1, 0.15) is 10.6 Å². The molecule has 0 amide bonds. The average molecular weight is 412 g/mol. The Morgan fingerprint density at radius 1 is 1.00 bits per heavy atom. The zero-order chi connectivity index (χ0) is 19.7. The predicted molar refractivity (Wildman–Crippen MR) is 112 cm³/mol. The number of thiophene rings is 1. The molecule has 4 aromatic rings. The van der Waals surface area contributed by atoms with Crippen LogP contribution in [0.15, 0.2) is 64.9 Å². The number of nitrogens with one attached hydrogen (secondary N) is 1. The maximum absolute atomic E-state index is 11.4. The van der Waals surface area contributed by atoms with Gasteiger partial charge in [-0.05, 0) is 23.3 Å². The Morgan fingerprint density at radius 3 is 2.39 bits per heavy atom. The lowest BCUT2D eigenvalue weighted by atomic mass is 10.1. The van der Waals surface area contributed by atoms with Gasteiger partial charge in [0.2, 0.25) is 16.0 Å². The van der Waals surface area contributed by atoms with Crippen LogP contribution in [0.2, 0.25) is 0 Å². The fourth-order valence-corrected chi connectivity index (χ4v) is 4.37. The highest BCUT2D eigenvalue weighted by molar-refractivity contribution is 7.89. The standard InChI is InChI=1S/C19H17N5O2S2/c20-19-23-17(22-10-12-6-8-14(9-7-12)28(21,25)26)16-15(11-27-18(16)24-19)13-4-2-1-3-5-13/h1-9,11H,10H2,(H2,21,25,26)(H3,20,22,23,24). The highest BCUT2D eigenvalue weighted by Gasteiger charge is 2.14. The van der Waals surface area contributed by atoms with E-state index in [-0.39, 0.29) is 10.8 Å². The molecule has 0 saturated heterocycles. The van der Waals surface area contributed by atoms with Crippen molar-refractivity contribution in [3.63, 3.8) is 0 Å². The van der Waals surface area contributed by atoms with Crippen molar-refractivity contribution in [3.05, 3.63) is 65.5 Å². The molecule has 0 unspecified atom stereocenters. The number of hydrogen-bond donors (Lipinski definition) is 3. The Kier molecular flexibility index (Phi) is 4.71. The molecular formula is C19H17N5O2S2. The Morgan fingerprint density at radius 2 is 1.71 bits per heavy atom. The average Bonchev–Trinajstić information content (AvgIpc) is 3.10. The Balaban J connectivity index is 1.68. The zero-order valence-electron chi connectivity index (χ0n) is 14.7. The second-order valence-corrected chi connectivity index (χ2v) is 8.59. The first-order valence-corrected chi connectivity index (χ1v) is 10.8. The van der Waals surface area contributed by atoms with Crippen LogP contribution in [0.3, 0.4) is 0 Å². The number of sulfonamides is 1. The van der Waals surface area contributed by atoms with Gasteiger partial charge in [-0.3, -0.25) is 0 Å². The normalized spacial score (nSPS) is 11.6. The van der Waals surface area contributed by atoms with Gasteiger partial charge in [0.05, 0.1) is 10.3 Å². The second kappa shape index (κ2) is 7.19. The number of primary sulfonamides is 1. The second-order valence-electron chi connectivity index (χ2n) is 6.17. The van der Waals surface area contributed by atoms with Crippen molar-refractivity contribution in [1.29, 1.82) is 0 Å². The van der Waals surface area contributed by atoms with E-state index in [0.29, 0.717) is 12.4 Å². The number of hydrogen-bond acceptors (Lipinski definition) is 7. The van der Waals surface area contributed by atoms with E-state index in [4.69, 9.17) is 10.9 Å². The quantitative estimate of drug-likeness (QED) is 0.463. The molecule has 0 fully saturated rings. The molecule has 0 aliphatic heterocycles. The molecule has 0 saturated carbocycles. The van der Waals surface area contributed by atoms with E-state index >= 15 is 0 Å². The first-order valence-electron chi connectivity index (χ1n) is 8.37. The number of nitrogen functional groups attached to an aromatic ring is 1. The molecule has 142 valence electrons. The van der Waals surface area contributed by atoms with E-state index in [1.54, 1.807) is 12.1 Å². The molecule has 0 atom stereocenters. The number of nitrogens with zero attached hydrogens (tertiary/aromatic N) is 2. The van der Waals surface area contributed by atoms with E-state index in [1.165, 1.54) is 23.5 Å². The lowest BCUT2D eigenvalue weighted by Crippen LogP contribution is -2.12. The minimum Gasteiger partial charge on any atom is -0.368 e. The molecular weight excluding hydrogens is 394 g/mol. The summed E-state index contributed by atoms with van der Waals surface area (Å²) in [6.07, 6.45) is 0. The lowest BCUT2D eigenvalue weighted by Gasteiger charge is -2.10. The number of aromatic nitrogens is 2. The lowest BCUT2D eigenvalue weighted by molar-refractivity contribution is 0.598. The summed E-state index contributed by atoms with van der Waals surface area (Å²) in [5, 5.41) is 11.4. The summed E-state index contributed by atoms with van der Waals surface area (Å²) in [6.45, 7) is 0.445. The molecule has 2 aromatic carbocycles. The van der Waals surface area contributed by atoms with Crippen molar-refractivity contribution in [2.24, 2.45) is 5.14 Å². The molecule has 0 aliphatic rings. The predicted octanol–water partition coefficient (Wildman–Crippen LogP) is 3.20. The van der Waals surface area contributed by atoms with Crippen molar-refractivity contribution in [3.8, 4) is 11.1 Å². The van der Waals surface area contributed by atoms with Gasteiger partial charge in [-0.15, -0.1) is 11.3 Å². The fraction of sp³-hybridized carbons (Fsp3) is 0.0526. The number of nitrogens with two attached hydrogens (primary N) is 2. The van der Waals surface area contributed by atoms with Crippen LogP contribution in [0.5, 0.6) is 0 Å². The van der Waals surface area contributed by atoms with E-state index in [0.717, 1.165) is 26.9 Å². The number of rotatable bonds is 5. The van der Waals surface area contributed by atoms with Crippen molar-refractivity contribution in [2.45, 2.75) is 11.4 Å². The smallest absolute Gasteiger partial charge is 0.238 e. The molecule has 2 aromatic heterocycles. The first kappa shape index (κ1) is 18.4. The van der Waals surface area contributed by atoms with Crippen LogP contribution in [0.25, 0.3) is 21.3 Å². The first-order chi connectivity index (χ1) is 13.4. The van der Waals surface area contributed by atoms with Gasteiger partial charge < -0.3 is 11.1 Å². The molecule has 0 radical (unpaired) electrons. The van der Waals surface area contributed by atoms with Crippen LogP contribution in [0.4, 0.5) is 11.8 Å². The van der Waals surface area contributed by atoms with E-state index in [9.17, 15) is 8.42 Å². The van der Waals surface area contributed by atoms with Gasteiger partial charge in [0, 0.05) is 17.5 Å². The number of fused-ring (bicyclic) bond motifs is 1. The minimum absolute atomic E-state index is 0.0779. The van der Waals surface area contributed by atoms with Gasteiger partial charge in [0.25, 0.3) is 0 Å². The summed E-state index contributed by atoms with van der Waals surface area (Å²) in [4.78, 5) is 9.60. The minimum atomic E-state index is -3.71. The summed E-state index contributed by atoms with van der Waals surface area (Å²) in [7, 11) is -3.71. The van der Waals surface area contributed by atoms with E-state index < -0.39 is 10.0 Å². The van der Waals surface area contributed by atoms with Gasteiger partial charge in [-0.25, -0.2) is 18.5 Å². The van der Waals surface area contributed by atoms with Gasteiger partial charge >= 0.3 is 0 Å². The van der Waals surface area contributed by atoms with Crippen molar-refractivity contribution in [1.82, 2.24) is 9.97 Å². The Hall–Kier alpha value is -3.01. The van der Waals surface area contributed by atoms with Crippen LogP contribution in [-0.2, 0) is 16.6 Å². The van der Waals surface area contributed by atoms with Crippen molar-refractivity contribution >= 4 is 43.3 Å².